The first kappa shape index (κ1) is 16.9. The average Bonchev–Trinajstić information content (AvgIpc) is 3.01. The van der Waals surface area contributed by atoms with Crippen LogP contribution in [0.2, 0.25) is 0 Å². The van der Waals surface area contributed by atoms with Crippen LogP contribution in [0.15, 0.2) is 23.7 Å². The van der Waals surface area contributed by atoms with E-state index < -0.39 is 0 Å². The zero-order valence-corrected chi connectivity index (χ0v) is 14.9. The van der Waals surface area contributed by atoms with Gasteiger partial charge in [0.1, 0.15) is 0 Å². The van der Waals surface area contributed by atoms with Gasteiger partial charge in [-0.25, -0.2) is 9.97 Å². The van der Waals surface area contributed by atoms with E-state index in [0.29, 0.717) is 31.1 Å². The Morgan fingerprint density at radius 2 is 2.12 bits per heavy atom. The van der Waals surface area contributed by atoms with Crippen LogP contribution in [-0.2, 0) is 6.54 Å². The average molecular weight is 346 g/mol. The Morgan fingerprint density at radius 3 is 2.79 bits per heavy atom. The predicted molar refractivity (Wildman–Crippen MR) is 93.4 cm³/mol. The number of ether oxygens (including phenoxy) is 1. The maximum absolute atomic E-state index is 12.7. The van der Waals surface area contributed by atoms with Crippen LogP contribution >= 0.6 is 11.3 Å². The summed E-state index contributed by atoms with van der Waals surface area (Å²) in [6, 6.07) is 3.58. The first-order chi connectivity index (χ1) is 11.7. The number of piperazine rings is 1. The number of hydrogen-bond donors (Lipinski definition) is 0. The van der Waals surface area contributed by atoms with Crippen LogP contribution in [0.1, 0.15) is 28.1 Å². The first-order valence-corrected chi connectivity index (χ1v) is 9.05. The Morgan fingerprint density at radius 1 is 1.33 bits per heavy atom. The van der Waals surface area contributed by atoms with Crippen LogP contribution in [0.3, 0.4) is 0 Å². The fourth-order valence-corrected chi connectivity index (χ4v) is 3.40. The van der Waals surface area contributed by atoms with E-state index in [1.54, 1.807) is 29.7 Å². The van der Waals surface area contributed by atoms with Gasteiger partial charge in [0.25, 0.3) is 5.91 Å². The lowest BCUT2D eigenvalue weighted by Gasteiger charge is -2.34. The van der Waals surface area contributed by atoms with Gasteiger partial charge < -0.3 is 9.64 Å². The van der Waals surface area contributed by atoms with Gasteiger partial charge in [-0.3, -0.25) is 9.69 Å². The molecule has 128 valence electrons. The van der Waals surface area contributed by atoms with Crippen molar-refractivity contribution in [3.8, 4) is 5.75 Å². The Kier molecular flexibility index (Phi) is 5.42. The Hall–Kier alpha value is -1.99. The van der Waals surface area contributed by atoms with Crippen LogP contribution in [0.5, 0.6) is 5.75 Å². The molecule has 0 spiro atoms. The number of rotatable bonds is 5. The Labute approximate surface area is 146 Å². The number of carbonyl (C=O) groups is 1. The lowest BCUT2D eigenvalue weighted by atomic mass is 10.2. The number of hydrogen-bond acceptors (Lipinski definition) is 6. The molecule has 1 saturated heterocycles. The zero-order chi connectivity index (χ0) is 16.9. The molecule has 0 N–H and O–H groups in total. The molecule has 0 unspecified atom stereocenters. The van der Waals surface area contributed by atoms with Crippen LogP contribution in [-0.4, -0.2) is 58.5 Å². The molecule has 1 aliphatic heterocycles. The van der Waals surface area contributed by atoms with Gasteiger partial charge in [-0.2, -0.15) is 0 Å². The van der Waals surface area contributed by atoms with Gasteiger partial charge in [-0.15, -0.1) is 11.3 Å². The molecule has 24 heavy (non-hydrogen) atoms. The minimum absolute atomic E-state index is 0.0526. The normalized spacial score (nSPS) is 15.5. The highest BCUT2D eigenvalue weighted by Crippen LogP contribution is 2.19. The van der Waals surface area contributed by atoms with Crippen molar-refractivity contribution in [2.24, 2.45) is 0 Å². The van der Waals surface area contributed by atoms with Crippen molar-refractivity contribution in [1.82, 2.24) is 19.8 Å². The molecule has 0 atom stereocenters. The van der Waals surface area contributed by atoms with Crippen LogP contribution in [0, 0.1) is 6.92 Å². The second-order valence-corrected chi connectivity index (χ2v) is 6.77. The van der Waals surface area contributed by atoms with Gasteiger partial charge in [-0.1, -0.05) is 0 Å². The summed E-state index contributed by atoms with van der Waals surface area (Å²) < 4.78 is 5.52. The second-order valence-electron chi connectivity index (χ2n) is 5.71. The molecule has 0 aromatic carbocycles. The van der Waals surface area contributed by atoms with Gasteiger partial charge in [0.2, 0.25) is 0 Å². The Balaban J connectivity index is 1.59. The molecule has 0 bridgehead atoms. The van der Waals surface area contributed by atoms with Crippen molar-refractivity contribution in [2.75, 3.05) is 32.8 Å². The largest absolute Gasteiger partial charge is 0.491 e. The molecule has 3 rings (SSSR count). The number of thiazole rings is 1. The van der Waals surface area contributed by atoms with Crippen molar-refractivity contribution in [3.05, 3.63) is 40.1 Å². The highest BCUT2D eigenvalue weighted by molar-refractivity contribution is 7.09. The maximum atomic E-state index is 12.7. The van der Waals surface area contributed by atoms with E-state index in [1.165, 1.54) is 0 Å². The molecule has 0 saturated carbocycles. The summed E-state index contributed by atoms with van der Waals surface area (Å²) in [5.41, 5.74) is 1.52. The third kappa shape index (κ3) is 3.91. The summed E-state index contributed by atoms with van der Waals surface area (Å²) in [4.78, 5) is 25.6. The van der Waals surface area contributed by atoms with E-state index in [-0.39, 0.29) is 5.91 Å². The molecular formula is C17H22N4O2S. The number of amides is 1. The van der Waals surface area contributed by atoms with Crippen LogP contribution < -0.4 is 4.74 Å². The topological polar surface area (TPSA) is 58.6 Å². The van der Waals surface area contributed by atoms with Crippen molar-refractivity contribution >= 4 is 17.2 Å². The SMILES string of the molecule is CCOc1cccnc1C(=O)N1CCN(Cc2csc(C)n2)CC1. The van der Waals surface area contributed by atoms with Crippen LogP contribution in [0.4, 0.5) is 0 Å². The summed E-state index contributed by atoms with van der Waals surface area (Å²) in [5, 5.41) is 3.20. The van der Waals surface area contributed by atoms with Crippen LogP contribution in [0.25, 0.3) is 0 Å². The van der Waals surface area contributed by atoms with E-state index in [2.05, 4.69) is 20.2 Å². The van der Waals surface area contributed by atoms with E-state index in [1.807, 2.05) is 18.7 Å². The number of aromatic nitrogens is 2. The van der Waals surface area contributed by atoms with Gasteiger partial charge in [0.15, 0.2) is 11.4 Å². The molecular weight excluding hydrogens is 324 g/mol. The van der Waals surface area contributed by atoms with E-state index in [9.17, 15) is 4.79 Å². The molecule has 1 aliphatic rings. The Bertz CT molecular complexity index is 695. The lowest BCUT2D eigenvalue weighted by molar-refractivity contribution is 0.0617. The molecule has 0 aliphatic carbocycles. The number of aryl methyl sites for hydroxylation is 1. The van der Waals surface area contributed by atoms with Crippen molar-refractivity contribution in [3.63, 3.8) is 0 Å². The monoisotopic (exact) mass is 346 g/mol. The highest BCUT2D eigenvalue weighted by Gasteiger charge is 2.25. The second kappa shape index (κ2) is 7.72. The summed E-state index contributed by atoms with van der Waals surface area (Å²) in [5.74, 6) is 0.508. The number of pyridine rings is 1. The van der Waals surface area contributed by atoms with Gasteiger partial charge >= 0.3 is 0 Å². The van der Waals surface area contributed by atoms with Crippen molar-refractivity contribution < 1.29 is 9.53 Å². The van der Waals surface area contributed by atoms with E-state index in [0.717, 1.165) is 30.3 Å². The lowest BCUT2D eigenvalue weighted by Crippen LogP contribution is -2.48. The summed E-state index contributed by atoms with van der Waals surface area (Å²) >= 11 is 1.68. The molecule has 3 heterocycles. The predicted octanol–water partition coefficient (Wildman–Crippen LogP) is 2.20. The van der Waals surface area contributed by atoms with Gasteiger partial charge in [0.05, 0.1) is 17.3 Å². The minimum atomic E-state index is -0.0526. The molecule has 7 heteroatoms. The minimum Gasteiger partial charge on any atom is -0.491 e. The molecule has 1 fully saturated rings. The van der Waals surface area contributed by atoms with E-state index in [4.69, 9.17) is 4.74 Å². The van der Waals surface area contributed by atoms with Crippen molar-refractivity contribution in [2.45, 2.75) is 20.4 Å². The first-order valence-electron chi connectivity index (χ1n) is 8.18. The standard InChI is InChI=1S/C17H22N4O2S/c1-3-23-15-5-4-6-18-16(15)17(22)21-9-7-20(8-10-21)11-14-12-24-13(2)19-14/h4-6,12H,3,7-11H2,1-2H3. The third-order valence-corrected chi connectivity index (χ3v) is 4.81. The third-order valence-electron chi connectivity index (χ3n) is 3.98. The van der Waals surface area contributed by atoms with E-state index >= 15 is 0 Å². The highest BCUT2D eigenvalue weighted by atomic mass is 32.1. The summed E-state index contributed by atoms with van der Waals surface area (Å²) in [6.07, 6.45) is 1.64. The zero-order valence-electron chi connectivity index (χ0n) is 14.1. The molecule has 0 radical (unpaired) electrons. The fourth-order valence-electron chi connectivity index (χ4n) is 2.79. The number of nitrogens with zero attached hydrogens (tertiary/aromatic N) is 4. The number of carbonyl (C=O) groups excluding carboxylic acids is 1. The molecule has 2 aromatic heterocycles. The summed E-state index contributed by atoms with van der Waals surface area (Å²) in [6.45, 7) is 8.38. The molecule has 1 amide bonds. The maximum Gasteiger partial charge on any atom is 0.276 e. The van der Waals surface area contributed by atoms with Gasteiger partial charge in [0, 0.05) is 44.3 Å². The fraction of sp³-hybridized carbons (Fsp3) is 0.471. The molecule has 2 aromatic rings. The smallest absolute Gasteiger partial charge is 0.276 e. The van der Waals surface area contributed by atoms with Gasteiger partial charge in [-0.05, 0) is 26.0 Å². The summed E-state index contributed by atoms with van der Waals surface area (Å²) in [7, 11) is 0. The van der Waals surface area contributed by atoms with Crippen molar-refractivity contribution in [1.29, 1.82) is 0 Å². The molecule has 6 nitrogen and oxygen atoms in total. The quantitative estimate of drug-likeness (QED) is 0.831.